The topological polar surface area (TPSA) is 98.6 Å². The van der Waals surface area contributed by atoms with Crippen LogP contribution in [0.15, 0.2) is 12.4 Å². The minimum atomic E-state index is -0.202. The molecule has 1 atom stereocenters. The van der Waals surface area contributed by atoms with Crippen molar-refractivity contribution >= 4 is 40.4 Å². The first kappa shape index (κ1) is 24.3. The molecule has 0 spiro atoms. The lowest BCUT2D eigenvalue weighted by atomic mass is 9.52. The molecule has 1 aliphatic carbocycles. The van der Waals surface area contributed by atoms with Crippen molar-refractivity contribution in [1.29, 1.82) is 0 Å². The summed E-state index contributed by atoms with van der Waals surface area (Å²) in [6, 6.07) is 0.0646. The Balaban J connectivity index is 1.61. The van der Waals surface area contributed by atoms with Crippen LogP contribution >= 0.6 is 0 Å². The molecule has 4 rings (SSSR count). The molecule has 2 N–H and O–H groups in total. The van der Waals surface area contributed by atoms with Gasteiger partial charge in [0.25, 0.3) is 0 Å². The standard InChI is InChI=1S/C22H35B3N4O4/c1-13(12-32-22(23,24)25)28-21-27-11-18-19(29-21)17(14-2-4-15(30)5-3-14)10-26-20(18)33-16-6-8-31-9-7-16/h10-11,13-16,30H,2-9,12,23-25H2,1H3,(H,27,28,29)/t13-,14-,15-/m0/s1. The van der Waals surface area contributed by atoms with Crippen molar-refractivity contribution in [2.45, 2.75) is 74.9 Å². The van der Waals surface area contributed by atoms with Gasteiger partial charge in [-0.1, -0.05) is 0 Å². The van der Waals surface area contributed by atoms with Gasteiger partial charge < -0.3 is 24.6 Å². The fraction of sp³-hybridized carbons (Fsp3) is 0.682. The van der Waals surface area contributed by atoms with E-state index in [0.29, 0.717) is 37.6 Å². The average molecular weight is 452 g/mol. The highest BCUT2D eigenvalue weighted by Gasteiger charge is 2.26. The molecule has 1 saturated carbocycles. The van der Waals surface area contributed by atoms with E-state index in [1.54, 1.807) is 0 Å². The summed E-state index contributed by atoms with van der Waals surface area (Å²) < 4.78 is 17.6. The van der Waals surface area contributed by atoms with Crippen LogP contribution in [0.1, 0.15) is 56.9 Å². The van der Waals surface area contributed by atoms with Crippen LogP contribution in [0.5, 0.6) is 5.88 Å². The van der Waals surface area contributed by atoms with Crippen molar-refractivity contribution < 1.29 is 19.3 Å². The van der Waals surface area contributed by atoms with Crippen molar-refractivity contribution in [3.63, 3.8) is 0 Å². The molecule has 11 heteroatoms. The van der Waals surface area contributed by atoms with E-state index in [2.05, 4.69) is 17.2 Å². The van der Waals surface area contributed by atoms with Crippen molar-refractivity contribution in [3.8, 4) is 5.88 Å². The van der Waals surface area contributed by atoms with Crippen LogP contribution in [-0.2, 0) is 9.47 Å². The maximum Gasteiger partial charge on any atom is 0.224 e. The van der Waals surface area contributed by atoms with Gasteiger partial charge in [-0.3, -0.25) is 0 Å². The number of hydrogen-bond acceptors (Lipinski definition) is 8. The molecule has 2 aromatic heterocycles. The van der Waals surface area contributed by atoms with Gasteiger partial charge in [-0.25, -0.2) is 15.0 Å². The zero-order valence-electron chi connectivity index (χ0n) is 20.3. The Kier molecular flexibility index (Phi) is 7.81. The van der Waals surface area contributed by atoms with E-state index in [0.717, 1.165) is 55.0 Å². The Morgan fingerprint density at radius 3 is 2.55 bits per heavy atom. The number of aliphatic hydroxyl groups excluding tert-OH is 1. The summed E-state index contributed by atoms with van der Waals surface area (Å²) in [4.78, 5) is 14.2. The zero-order valence-corrected chi connectivity index (χ0v) is 20.3. The molecule has 1 aliphatic heterocycles. The third kappa shape index (κ3) is 6.61. The molecule has 2 aromatic rings. The fourth-order valence-electron chi connectivity index (χ4n) is 4.46. The predicted molar refractivity (Wildman–Crippen MR) is 136 cm³/mol. The second-order valence-corrected chi connectivity index (χ2v) is 10.4. The smallest absolute Gasteiger partial charge is 0.224 e. The first-order chi connectivity index (χ1) is 15.8. The second-order valence-electron chi connectivity index (χ2n) is 10.4. The number of nitrogens with zero attached hydrogens (tertiary/aromatic N) is 3. The molecule has 2 fully saturated rings. The molecular weight excluding hydrogens is 417 g/mol. The van der Waals surface area contributed by atoms with Crippen molar-refractivity contribution in [1.82, 2.24) is 15.0 Å². The minimum absolute atomic E-state index is 0.0646. The van der Waals surface area contributed by atoms with Crippen LogP contribution in [0.3, 0.4) is 0 Å². The molecule has 8 nitrogen and oxygen atoms in total. The molecule has 33 heavy (non-hydrogen) atoms. The molecule has 0 aromatic carbocycles. The SMILES string of the molecule is BC(B)(B)OC[C@H](C)Nc1ncc2c(OC3CCOCC3)ncc([C@H]3CC[C@H](O)CC3)c2n1. The monoisotopic (exact) mass is 452 g/mol. The van der Waals surface area contributed by atoms with Gasteiger partial charge in [-0.05, 0) is 43.8 Å². The quantitative estimate of drug-likeness (QED) is 0.538. The van der Waals surface area contributed by atoms with Gasteiger partial charge in [0.2, 0.25) is 11.8 Å². The number of fused-ring (bicyclic) bond motifs is 1. The van der Waals surface area contributed by atoms with Gasteiger partial charge in [0, 0.05) is 36.8 Å². The number of ether oxygens (including phenoxy) is 3. The molecule has 1 saturated heterocycles. The molecule has 2 aliphatic rings. The molecule has 0 amide bonds. The summed E-state index contributed by atoms with van der Waals surface area (Å²) in [7, 11) is 6.14. The molecule has 3 heterocycles. The van der Waals surface area contributed by atoms with Crippen LogP contribution in [0.4, 0.5) is 5.95 Å². The van der Waals surface area contributed by atoms with Gasteiger partial charge in [0.05, 0.1) is 36.8 Å². The van der Waals surface area contributed by atoms with E-state index >= 15 is 0 Å². The van der Waals surface area contributed by atoms with Gasteiger partial charge >= 0.3 is 0 Å². The molecule has 0 bridgehead atoms. The Labute approximate surface area is 198 Å². The molecular formula is C22H35B3N4O4. The average Bonchev–Trinajstić information content (AvgIpc) is 2.79. The van der Waals surface area contributed by atoms with E-state index in [1.165, 1.54) is 0 Å². The van der Waals surface area contributed by atoms with Crippen molar-refractivity contribution in [3.05, 3.63) is 18.0 Å². The largest absolute Gasteiger partial charge is 0.474 e. The summed E-state index contributed by atoms with van der Waals surface area (Å²) in [5.74, 6) is 1.49. The van der Waals surface area contributed by atoms with Gasteiger partial charge in [0.15, 0.2) is 0 Å². The highest BCUT2D eigenvalue weighted by Crippen LogP contribution is 2.38. The van der Waals surface area contributed by atoms with Gasteiger partial charge in [0.1, 0.15) is 29.6 Å². The van der Waals surface area contributed by atoms with Crippen LogP contribution in [0.25, 0.3) is 10.9 Å². The van der Waals surface area contributed by atoms with Gasteiger partial charge in [-0.2, -0.15) is 0 Å². The summed E-state index contributed by atoms with van der Waals surface area (Å²) >= 11 is 0. The summed E-state index contributed by atoms with van der Waals surface area (Å²) in [6.07, 6.45) is 8.83. The number of pyridine rings is 1. The number of rotatable bonds is 8. The van der Waals surface area contributed by atoms with E-state index in [1.807, 2.05) is 35.9 Å². The highest BCUT2D eigenvalue weighted by atomic mass is 16.5. The maximum absolute atomic E-state index is 9.97. The lowest BCUT2D eigenvalue weighted by molar-refractivity contribution is 0.0244. The third-order valence-corrected chi connectivity index (χ3v) is 6.34. The second kappa shape index (κ2) is 10.6. The molecule has 0 unspecified atom stereocenters. The number of aliphatic hydroxyl groups is 1. The number of nitrogens with one attached hydrogen (secondary N) is 1. The lowest BCUT2D eigenvalue weighted by Crippen LogP contribution is -2.38. The third-order valence-electron chi connectivity index (χ3n) is 6.34. The molecule has 0 radical (unpaired) electrons. The van der Waals surface area contributed by atoms with E-state index in [9.17, 15) is 5.11 Å². The van der Waals surface area contributed by atoms with Gasteiger partial charge in [-0.15, -0.1) is 0 Å². The Morgan fingerprint density at radius 2 is 1.85 bits per heavy atom. The first-order valence-electron chi connectivity index (χ1n) is 12.3. The number of hydrogen-bond donors (Lipinski definition) is 2. The van der Waals surface area contributed by atoms with Crippen LogP contribution in [0.2, 0.25) is 0 Å². The normalized spacial score (nSPS) is 23.3. The number of aromatic nitrogens is 3. The zero-order chi connectivity index (χ0) is 23.4. The Hall–Kier alpha value is -1.84. The lowest BCUT2D eigenvalue weighted by Gasteiger charge is -2.27. The summed E-state index contributed by atoms with van der Waals surface area (Å²) in [5.41, 5.74) is 2.00. The van der Waals surface area contributed by atoms with E-state index in [-0.39, 0.29) is 23.5 Å². The summed E-state index contributed by atoms with van der Waals surface area (Å²) in [5, 5.41) is 14.0. The van der Waals surface area contributed by atoms with Crippen molar-refractivity contribution in [2.75, 3.05) is 25.1 Å². The van der Waals surface area contributed by atoms with Crippen LogP contribution in [-0.4, -0.2) is 87.0 Å². The minimum Gasteiger partial charge on any atom is -0.474 e. The van der Waals surface area contributed by atoms with Crippen LogP contribution in [0, 0.1) is 0 Å². The summed E-state index contributed by atoms with van der Waals surface area (Å²) in [6.45, 7) is 4.05. The number of anilines is 1. The molecule has 176 valence electrons. The Bertz CT molecular complexity index is 932. The highest BCUT2D eigenvalue weighted by molar-refractivity contribution is 6.58. The maximum atomic E-state index is 9.97. The van der Waals surface area contributed by atoms with Crippen molar-refractivity contribution in [2.24, 2.45) is 0 Å². The fourth-order valence-corrected chi connectivity index (χ4v) is 4.46. The predicted octanol–water partition coefficient (Wildman–Crippen LogP) is -0.0713. The Morgan fingerprint density at radius 1 is 1.12 bits per heavy atom. The van der Waals surface area contributed by atoms with Crippen LogP contribution < -0.4 is 10.1 Å². The van der Waals surface area contributed by atoms with E-state index < -0.39 is 0 Å². The first-order valence-corrected chi connectivity index (χ1v) is 12.3. The van der Waals surface area contributed by atoms with E-state index in [4.69, 9.17) is 24.2 Å².